The van der Waals surface area contributed by atoms with Gasteiger partial charge in [0.2, 0.25) is 5.28 Å². The number of aryl methyl sites for hydroxylation is 1. The van der Waals surface area contributed by atoms with Crippen molar-refractivity contribution in [3.05, 3.63) is 17.2 Å². The summed E-state index contributed by atoms with van der Waals surface area (Å²) >= 11 is 5.73. The summed E-state index contributed by atoms with van der Waals surface area (Å²) in [5.41, 5.74) is 0.893. The normalized spacial score (nSPS) is 21.9. The van der Waals surface area contributed by atoms with Crippen LogP contribution in [0.5, 0.6) is 0 Å². The molecule has 0 saturated carbocycles. The summed E-state index contributed by atoms with van der Waals surface area (Å²) in [6.07, 6.45) is 1.66. The van der Waals surface area contributed by atoms with Crippen LogP contribution in [0.15, 0.2) is 6.20 Å². The molecule has 0 radical (unpaired) electrons. The number of hydrogen-bond acceptors (Lipinski definition) is 4. The molecule has 0 unspecified atom stereocenters. The molecule has 6 heteroatoms. The van der Waals surface area contributed by atoms with Gasteiger partial charge in [-0.15, -0.1) is 0 Å². The fraction of sp³-hybridized carbons (Fsp3) is 0.636. The summed E-state index contributed by atoms with van der Waals surface area (Å²) in [4.78, 5) is 8.08. The summed E-state index contributed by atoms with van der Waals surface area (Å²) in [5.74, 6) is 0. The van der Waals surface area contributed by atoms with Crippen LogP contribution in [0.2, 0.25) is 5.28 Å². The predicted octanol–water partition coefficient (Wildman–Crippen LogP) is 1.74. The van der Waals surface area contributed by atoms with Crippen LogP contribution in [0.3, 0.4) is 0 Å². The first kappa shape index (κ1) is 12.8. The van der Waals surface area contributed by atoms with E-state index in [-0.39, 0.29) is 16.5 Å². The summed E-state index contributed by atoms with van der Waals surface area (Å²) in [7, 11) is -0.433. The summed E-state index contributed by atoms with van der Waals surface area (Å²) in [5, 5.41) is 0.239. The van der Waals surface area contributed by atoms with Gasteiger partial charge in [0.15, 0.2) is 0 Å². The van der Waals surface area contributed by atoms with E-state index in [9.17, 15) is 0 Å². The zero-order valence-corrected chi connectivity index (χ0v) is 11.5. The monoisotopic (exact) mass is 254 g/mol. The van der Waals surface area contributed by atoms with Crippen molar-refractivity contribution in [2.45, 2.75) is 45.8 Å². The molecule has 4 nitrogen and oxygen atoms in total. The van der Waals surface area contributed by atoms with E-state index in [0.717, 1.165) is 11.2 Å². The number of nitrogens with zero attached hydrogens (tertiary/aromatic N) is 2. The first-order chi connectivity index (χ1) is 7.73. The van der Waals surface area contributed by atoms with E-state index in [1.807, 2.05) is 34.6 Å². The van der Waals surface area contributed by atoms with Gasteiger partial charge in [-0.25, -0.2) is 9.97 Å². The van der Waals surface area contributed by atoms with E-state index in [2.05, 4.69) is 9.97 Å². The molecule has 0 amide bonds. The average molecular weight is 255 g/mol. The Labute approximate surface area is 107 Å². The van der Waals surface area contributed by atoms with Gasteiger partial charge < -0.3 is 9.31 Å². The van der Waals surface area contributed by atoms with Gasteiger partial charge in [0.1, 0.15) is 0 Å². The highest BCUT2D eigenvalue weighted by molar-refractivity contribution is 6.62. The van der Waals surface area contributed by atoms with E-state index in [1.165, 1.54) is 0 Å². The van der Waals surface area contributed by atoms with Gasteiger partial charge in [0, 0.05) is 17.4 Å². The Morgan fingerprint density at radius 2 is 1.71 bits per heavy atom. The van der Waals surface area contributed by atoms with Gasteiger partial charge in [-0.2, -0.15) is 0 Å². The fourth-order valence-electron chi connectivity index (χ4n) is 1.65. The van der Waals surface area contributed by atoms with Crippen LogP contribution in [0, 0.1) is 6.92 Å². The second-order valence-corrected chi connectivity index (χ2v) is 5.61. The highest BCUT2D eigenvalue weighted by atomic mass is 35.5. The molecule has 1 aromatic rings. The highest BCUT2D eigenvalue weighted by Gasteiger charge is 2.52. The molecule has 0 aliphatic carbocycles. The second kappa shape index (κ2) is 3.94. The lowest BCUT2D eigenvalue weighted by molar-refractivity contribution is 0.00578. The molecule has 1 saturated heterocycles. The molecular weight excluding hydrogens is 238 g/mol. The molecule has 0 bridgehead atoms. The number of aromatic nitrogens is 2. The largest absolute Gasteiger partial charge is 0.498 e. The van der Waals surface area contributed by atoms with Gasteiger partial charge in [0.25, 0.3) is 0 Å². The summed E-state index contributed by atoms with van der Waals surface area (Å²) in [6, 6.07) is 0. The minimum absolute atomic E-state index is 0.239. The van der Waals surface area contributed by atoms with E-state index < -0.39 is 7.12 Å². The molecule has 17 heavy (non-hydrogen) atoms. The van der Waals surface area contributed by atoms with Crippen LogP contribution in [0.1, 0.15) is 33.4 Å². The third-order valence-corrected chi connectivity index (χ3v) is 3.68. The first-order valence-corrected chi connectivity index (χ1v) is 5.95. The average Bonchev–Trinajstić information content (AvgIpc) is 2.35. The Hall–Kier alpha value is -0.645. The maximum absolute atomic E-state index is 5.93. The third-order valence-electron chi connectivity index (χ3n) is 3.50. The maximum atomic E-state index is 5.93. The van der Waals surface area contributed by atoms with Crippen molar-refractivity contribution in [1.29, 1.82) is 0 Å². The maximum Gasteiger partial charge on any atom is 0.498 e. The van der Waals surface area contributed by atoms with Crippen molar-refractivity contribution >= 4 is 24.2 Å². The van der Waals surface area contributed by atoms with Gasteiger partial charge in [-0.1, -0.05) is 0 Å². The Bertz CT molecular complexity index is 435. The summed E-state index contributed by atoms with van der Waals surface area (Å²) < 4.78 is 11.9. The zero-order valence-electron chi connectivity index (χ0n) is 10.7. The number of halogens is 1. The van der Waals surface area contributed by atoms with Crippen molar-refractivity contribution in [2.24, 2.45) is 0 Å². The molecule has 92 valence electrons. The van der Waals surface area contributed by atoms with Gasteiger partial charge in [-0.3, -0.25) is 0 Å². The van der Waals surface area contributed by atoms with Crippen molar-refractivity contribution < 1.29 is 9.31 Å². The smallest absolute Gasteiger partial charge is 0.399 e. The molecular formula is C11H16BClN2O2. The predicted molar refractivity (Wildman–Crippen MR) is 67.5 cm³/mol. The Morgan fingerprint density at radius 1 is 1.18 bits per heavy atom. The molecule has 2 heterocycles. The van der Waals surface area contributed by atoms with Crippen LogP contribution >= 0.6 is 11.6 Å². The third kappa shape index (κ3) is 2.19. The molecule has 1 aromatic heterocycles. The second-order valence-electron chi connectivity index (χ2n) is 5.27. The van der Waals surface area contributed by atoms with Crippen molar-refractivity contribution in [3.8, 4) is 0 Å². The van der Waals surface area contributed by atoms with Crippen LogP contribution in [-0.4, -0.2) is 28.3 Å². The Kier molecular flexibility index (Phi) is 2.96. The molecule has 0 N–H and O–H groups in total. The zero-order chi connectivity index (χ0) is 12.8. The van der Waals surface area contributed by atoms with Gasteiger partial charge >= 0.3 is 7.12 Å². The van der Waals surface area contributed by atoms with E-state index in [4.69, 9.17) is 20.9 Å². The minimum atomic E-state index is -0.433. The standard InChI is InChI=1S/C11H16BClN2O2/c1-7-8(6-14-9(13)15-7)12-16-10(2,3)11(4,5)17-12/h6H,1-5H3. The first-order valence-electron chi connectivity index (χ1n) is 5.58. The quantitative estimate of drug-likeness (QED) is 0.566. The topological polar surface area (TPSA) is 44.2 Å². The van der Waals surface area contributed by atoms with E-state index in [0.29, 0.717) is 0 Å². The lowest BCUT2D eigenvalue weighted by Gasteiger charge is -2.32. The SMILES string of the molecule is Cc1nc(Cl)ncc1B1OC(C)(C)C(C)(C)O1. The Balaban J connectivity index is 2.32. The molecule has 1 aliphatic heterocycles. The lowest BCUT2D eigenvalue weighted by atomic mass is 9.79. The molecule has 0 spiro atoms. The van der Waals surface area contributed by atoms with E-state index in [1.54, 1.807) is 6.20 Å². The molecule has 2 rings (SSSR count). The Morgan fingerprint density at radius 3 is 2.18 bits per heavy atom. The van der Waals surface area contributed by atoms with Crippen molar-refractivity contribution in [2.75, 3.05) is 0 Å². The van der Waals surface area contributed by atoms with Crippen LogP contribution in [0.4, 0.5) is 0 Å². The van der Waals surface area contributed by atoms with Crippen LogP contribution in [0.25, 0.3) is 0 Å². The minimum Gasteiger partial charge on any atom is -0.399 e. The molecule has 0 aromatic carbocycles. The van der Waals surface area contributed by atoms with E-state index >= 15 is 0 Å². The molecule has 1 fully saturated rings. The number of hydrogen-bond donors (Lipinski definition) is 0. The fourth-order valence-corrected chi connectivity index (χ4v) is 1.83. The lowest BCUT2D eigenvalue weighted by Crippen LogP contribution is -2.41. The van der Waals surface area contributed by atoms with Crippen molar-refractivity contribution in [1.82, 2.24) is 9.97 Å². The summed E-state index contributed by atoms with van der Waals surface area (Å²) in [6.45, 7) is 9.92. The van der Waals surface area contributed by atoms with Crippen LogP contribution < -0.4 is 5.46 Å². The van der Waals surface area contributed by atoms with Crippen molar-refractivity contribution in [3.63, 3.8) is 0 Å². The van der Waals surface area contributed by atoms with Gasteiger partial charge in [-0.05, 0) is 46.2 Å². The number of rotatable bonds is 1. The van der Waals surface area contributed by atoms with Gasteiger partial charge in [0.05, 0.1) is 11.2 Å². The van der Waals surface area contributed by atoms with Crippen LogP contribution in [-0.2, 0) is 9.31 Å². The molecule has 0 atom stereocenters. The highest BCUT2D eigenvalue weighted by Crippen LogP contribution is 2.36. The molecule has 1 aliphatic rings.